The molecule has 0 fully saturated rings. The van der Waals surface area contributed by atoms with Gasteiger partial charge in [0.25, 0.3) is 5.92 Å². The number of carbonyl (C=O) groups is 1. The Bertz CT molecular complexity index is 213. The third-order valence-electron chi connectivity index (χ3n) is 2.12. The fraction of sp³-hybridized carbons (Fsp3) is 0.900. The quantitative estimate of drug-likeness (QED) is 0.540. The maximum atomic E-state index is 12.6. The molecule has 6 heteroatoms. The molecule has 16 heavy (non-hydrogen) atoms. The highest BCUT2D eigenvalue weighted by Crippen LogP contribution is 2.09. The van der Waals surface area contributed by atoms with Gasteiger partial charge in [0.1, 0.15) is 6.61 Å². The molecule has 0 aromatic carbocycles. The zero-order valence-corrected chi connectivity index (χ0v) is 9.72. The van der Waals surface area contributed by atoms with Crippen LogP contribution in [0.5, 0.6) is 0 Å². The van der Waals surface area contributed by atoms with E-state index in [1.807, 2.05) is 6.92 Å². The average molecular weight is 238 g/mol. The van der Waals surface area contributed by atoms with Crippen molar-refractivity contribution in [1.29, 1.82) is 0 Å². The minimum atomic E-state index is -3.18. The molecule has 3 N–H and O–H groups in total. The van der Waals surface area contributed by atoms with Gasteiger partial charge in [0.15, 0.2) is 0 Å². The summed E-state index contributed by atoms with van der Waals surface area (Å²) < 4.78 is 25.3. The number of rotatable bonds is 8. The van der Waals surface area contributed by atoms with Crippen LogP contribution >= 0.6 is 0 Å². The molecule has 0 spiro atoms. The first kappa shape index (κ1) is 15.2. The highest BCUT2D eigenvalue weighted by molar-refractivity contribution is 5.81. The van der Waals surface area contributed by atoms with Gasteiger partial charge >= 0.3 is 0 Å². The zero-order valence-electron chi connectivity index (χ0n) is 9.72. The van der Waals surface area contributed by atoms with Crippen LogP contribution in [0.4, 0.5) is 8.78 Å². The van der Waals surface area contributed by atoms with Crippen molar-refractivity contribution in [2.45, 2.75) is 38.7 Å². The standard InChI is InChI=1S/C10H20F2N2O2/c1-3-4-5-13-9(16)8(2)14-6-10(11,12)7-15/h8,14-15H,3-7H2,1-2H3,(H,13,16). The van der Waals surface area contributed by atoms with Crippen molar-refractivity contribution in [2.24, 2.45) is 0 Å². The SMILES string of the molecule is CCCCNC(=O)C(C)NCC(F)(F)CO. The molecule has 1 atom stereocenters. The number of amides is 1. The maximum absolute atomic E-state index is 12.6. The van der Waals surface area contributed by atoms with Crippen molar-refractivity contribution in [3.63, 3.8) is 0 Å². The largest absolute Gasteiger partial charge is 0.390 e. The van der Waals surface area contributed by atoms with Crippen molar-refractivity contribution in [1.82, 2.24) is 10.6 Å². The predicted molar refractivity (Wildman–Crippen MR) is 57.4 cm³/mol. The molecular formula is C10H20F2N2O2. The molecule has 0 aliphatic rings. The molecule has 0 radical (unpaired) electrons. The molecule has 0 heterocycles. The van der Waals surface area contributed by atoms with Gasteiger partial charge in [-0.2, -0.15) is 0 Å². The molecular weight excluding hydrogens is 218 g/mol. The Morgan fingerprint density at radius 1 is 1.50 bits per heavy atom. The molecule has 0 aliphatic carbocycles. The van der Waals surface area contributed by atoms with Gasteiger partial charge in [0, 0.05) is 6.54 Å². The van der Waals surface area contributed by atoms with Gasteiger partial charge in [-0.3, -0.25) is 4.79 Å². The van der Waals surface area contributed by atoms with Gasteiger partial charge in [-0.1, -0.05) is 13.3 Å². The second-order valence-corrected chi connectivity index (χ2v) is 3.76. The van der Waals surface area contributed by atoms with E-state index in [1.165, 1.54) is 6.92 Å². The monoisotopic (exact) mass is 238 g/mol. The normalized spacial score (nSPS) is 13.6. The number of nitrogens with one attached hydrogen (secondary N) is 2. The van der Waals surface area contributed by atoms with Gasteiger partial charge < -0.3 is 15.7 Å². The van der Waals surface area contributed by atoms with Crippen molar-refractivity contribution in [3.8, 4) is 0 Å². The van der Waals surface area contributed by atoms with Crippen LogP contribution in [0.15, 0.2) is 0 Å². The van der Waals surface area contributed by atoms with Crippen LogP contribution in [0.2, 0.25) is 0 Å². The number of hydrogen-bond donors (Lipinski definition) is 3. The fourth-order valence-electron chi connectivity index (χ4n) is 0.992. The van der Waals surface area contributed by atoms with E-state index in [-0.39, 0.29) is 5.91 Å². The Kier molecular flexibility index (Phi) is 7.16. The fourth-order valence-corrected chi connectivity index (χ4v) is 0.992. The van der Waals surface area contributed by atoms with Crippen LogP contribution in [0.25, 0.3) is 0 Å². The lowest BCUT2D eigenvalue weighted by Crippen LogP contribution is -2.47. The summed E-state index contributed by atoms with van der Waals surface area (Å²) in [5.74, 6) is -3.49. The molecule has 0 aliphatic heterocycles. The van der Waals surface area contributed by atoms with Gasteiger partial charge in [-0.15, -0.1) is 0 Å². The highest BCUT2D eigenvalue weighted by Gasteiger charge is 2.28. The lowest BCUT2D eigenvalue weighted by Gasteiger charge is -2.18. The summed E-state index contributed by atoms with van der Waals surface area (Å²) >= 11 is 0. The van der Waals surface area contributed by atoms with E-state index in [2.05, 4.69) is 10.6 Å². The molecule has 0 bridgehead atoms. The summed E-state index contributed by atoms with van der Waals surface area (Å²) in [7, 11) is 0. The van der Waals surface area contributed by atoms with E-state index in [0.29, 0.717) is 6.54 Å². The van der Waals surface area contributed by atoms with Gasteiger partial charge in [-0.05, 0) is 13.3 Å². The number of aliphatic hydroxyl groups excluding tert-OH is 1. The van der Waals surface area contributed by atoms with E-state index >= 15 is 0 Å². The number of carbonyl (C=O) groups excluding carboxylic acids is 1. The van der Waals surface area contributed by atoms with E-state index in [9.17, 15) is 13.6 Å². The Hall–Kier alpha value is -0.750. The smallest absolute Gasteiger partial charge is 0.282 e. The lowest BCUT2D eigenvalue weighted by molar-refractivity contribution is -0.123. The van der Waals surface area contributed by atoms with Crippen LogP contribution in [-0.4, -0.2) is 42.7 Å². The van der Waals surface area contributed by atoms with Gasteiger partial charge in [0.2, 0.25) is 5.91 Å². The minimum Gasteiger partial charge on any atom is -0.390 e. The van der Waals surface area contributed by atoms with E-state index in [1.54, 1.807) is 0 Å². The molecule has 4 nitrogen and oxygen atoms in total. The predicted octanol–water partition coefficient (Wildman–Crippen LogP) is 0.508. The summed E-state index contributed by atoms with van der Waals surface area (Å²) in [5, 5.41) is 13.3. The Balaban J connectivity index is 3.79. The van der Waals surface area contributed by atoms with Crippen LogP contribution in [-0.2, 0) is 4.79 Å². The first-order valence-corrected chi connectivity index (χ1v) is 5.42. The summed E-state index contributed by atoms with van der Waals surface area (Å²) in [6, 6.07) is -0.686. The topological polar surface area (TPSA) is 61.4 Å². The zero-order chi connectivity index (χ0) is 12.6. The highest BCUT2D eigenvalue weighted by atomic mass is 19.3. The van der Waals surface area contributed by atoms with Gasteiger partial charge in [0.05, 0.1) is 12.6 Å². The maximum Gasteiger partial charge on any atom is 0.282 e. The molecule has 0 rings (SSSR count). The molecule has 0 saturated heterocycles. The van der Waals surface area contributed by atoms with Crippen molar-refractivity contribution in [2.75, 3.05) is 19.7 Å². The summed E-state index contributed by atoms with van der Waals surface area (Å²) in [6.07, 6.45) is 1.83. The second-order valence-electron chi connectivity index (χ2n) is 3.76. The lowest BCUT2D eigenvalue weighted by atomic mass is 10.2. The Labute approximate surface area is 94.4 Å². The van der Waals surface area contributed by atoms with Crippen LogP contribution < -0.4 is 10.6 Å². The Morgan fingerprint density at radius 2 is 2.12 bits per heavy atom. The second kappa shape index (κ2) is 7.51. The number of alkyl halides is 2. The Morgan fingerprint density at radius 3 is 2.62 bits per heavy atom. The summed E-state index contributed by atoms with van der Waals surface area (Å²) in [6.45, 7) is 2.14. The number of unbranched alkanes of at least 4 members (excludes halogenated alkanes) is 1. The average Bonchev–Trinajstić information content (AvgIpc) is 2.26. The first-order valence-electron chi connectivity index (χ1n) is 5.42. The van der Waals surface area contributed by atoms with Crippen molar-refractivity contribution in [3.05, 3.63) is 0 Å². The molecule has 96 valence electrons. The molecule has 0 aromatic rings. The number of halogens is 2. The van der Waals surface area contributed by atoms with Crippen LogP contribution in [0.1, 0.15) is 26.7 Å². The van der Waals surface area contributed by atoms with Crippen molar-refractivity contribution < 1.29 is 18.7 Å². The minimum absolute atomic E-state index is 0.304. The summed E-state index contributed by atoms with van der Waals surface area (Å²) in [5.41, 5.74) is 0. The molecule has 1 amide bonds. The number of aliphatic hydroxyl groups is 1. The molecule has 1 unspecified atom stereocenters. The molecule has 0 saturated carbocycles. The van der Waals surface area contributed by atoms with E-state index in [0.717, 1.165) is 12.8 Å². The van der Waals surface area contributed by atoms with Crippen LogP contribution in [0, 0.1) is 0 Å². The van der Waals surface area contributed by atoms with Crippen LogP contribution in [0.3, 0.4) is 0 Å². The molecule has 0 aromatic heterocycles. The number of hydrogen-bond acceptors (Lipinski definition) is 3. The van der Waals surface area contributed by atoms with Crippen molar-refractivity contribution >= 4 is 5.91 Å². The van der Waals surface area contributed by atoms with E-state index in [4.69, 9.17) is 5.11 Å². The van der Waals surface area contributed by atoms with E-state index < -0.39 is 25.1 Å². The summed E-state index contributed by atoms with van der Waals surface area (Å²) in [4.78, 5) is 11.3. The third kappa shape index (κ3) is 6.68. The first-order chi connectivity index (χ1) is 7.43. The van der Waals surface area contributed by atoms with Gasteiger partial charge in [-0.25, -0.2) is 8.78 Å². The third-order valence-corrected chi connectivity index (χ3v) is 2.12.